The van der Waals surface area contributed by atoms with Crippen LogP contribution >= 0.6 is 12.6 Å². The van der Waals surface area contributed by atoms with Gasteiger partial charge in [-0.15, -0.1) is 6.58 Å². The lowest BCUT2D eigenvalue weighted by molar-refractivity contribution is -0.127. The highest BCUT2D eigenvalue weighted by atomic mass is 32.1. The van der Waals surface area contributed by atoms with E-state index in [4.69, 9.17) is 0 Å². The minimum atomic E-state index is 0.240. The van der Waals surface area contributed by atoms with Gasteiger partial charge in [-0.2, -0.15) is 12.6 Å². The van der Waals surface area contributed by atoms with Gasteiger partial charge in [-0.1, -0.05) is 6.08 Å². The van der Waals surface area contributed by atoms with E-state index in [1.165, 1.54) is 0 Å². The van der Waals surface area contributed by atoms with Crippen molar-refractivity contribution < 1.29 is 4.79 Å². The second-order valence-corrected chi connectivity index (χ2v) is 3.21. The van der Waals surface area contributed by atoms with Crippen LogP contribution in [0.15, 0.2) is 12.7 Å². The van der Waals surface area contributed by atoms with E-state index in [9.17, 15) is 4.79 Å². The van der Waals surface area contributed by atoms with Crippen molar-refractivity contribution in [3.05, 3.63) is 12.7 Å². The molecule has 1 rings (SSSR count). The Labute approximate surface area is 72.7 Å². The standard InChI is InChI=1S/C8H13NOS/c1-2-3-9-5-7(6-11)4-8(9)10/h2,7,11H,1,3-6H2. The van der Waals surface area contributed by atoms with Gasteiger partial charge in [0.25, 0.3) is 0 Å². The van der Waals surface area contributed by atoms with Crippen LogP contribution in [0.25, 0.3) is 0 Å². The molecule has 1 unspecified atom stereocenters. The molecule has 1 aliphatic rings. The average molecular weight is 171 g/mol. The zero-order valence-electron chi connectivity index (χ0n) is 6.49. The van der Waals surface area contributed by atoms with Crippen LogP contribution in [-0.4, -0.2) is 29.6 Å². The van der Waals surface area contributed by atoms with Crippen LogP contribution in [0.4, 0.5) is 0 Å². The highest BCUT2D eigenvalue weighted by Crippen LogP contribution is 2.17. The Morgan fingerprint density at radius 2 is 2.55 bits per heavy atom. The van der Waals surface area contributed by atoms with Gasteiger partial charge in [0.05, 0.1) is 0 Å². The molecule has 1 heterocycles. The number of hydrogen-bond acceptors (Lipinski definition) is 2. The average Bonchev–Trinajstić information content (AvgIpc) is 2.33. The summed E-state index contributed by atoms with van der Waals surface area (Å²) >= 11 is 4.16. The number of carbonyl (C=O) groups excluding carboxylic acids is 1. The lowest BCUT2D eigenvalue weighted by Crippen LogP contribution is -2.25. The van der Waals surface area contributed by atoms with Crippen molar-refractivity contribution in [1.82, 2.24) is 4.90 Å². The Morgan fingerprint density at radius 3 is 3.00 bits per heavy atom. The monoisotopic (exact) mass is 171 g/mol. The van der Waals surface area contributed by atoms with Crippen LogP contribution in [0.5, 0.6) is 0 Å². The summed E-state index contributed by atoms with van der Waals surface area (Å²) in [5.41, 5.74) is 0. The van der Waals surface area contributed by atoms with Crippen LogP contribution in [0, 0.1) is 5.92 Å². The summed E-state index contributed by atoms with van der Waals surface area (Å²) in [5.74, 6) is 1.49. The predicted octanol–water partition coefficient (Wildman–Crippen LogP) is 0.951. The Bertz CT molecular complexity index is 169. The van der Waals surface area contributed by atoms with Gasteiger partial charge in [-0.3, -0.25) is 4.79 Å². The van der Waals surface area contributed by atoms with Gasteiger partial charge in [0.15, 0.2) is 0 Å². The number of amides is 1. The first-order valence-electron chi connectivity index (χ1n) is 3.77. The summed E-state index contributed by atoms with van der Waals surface area (Å²) in [5, 5.41) is 0. The molecule has 1 amide bonds. The van der Waals surface area contributed by atoms with E-state index < -0.39 is 0 Å². The van der Waals surface area contributed by atoms with Crippen molar-refractivity contribution in [3.63, 3.8) is 0 Å². The SMILES string of the molecule is C=CCN1CC(CS)CC1=O. The van der Waals surface area contributed by atoms with Crippen molar-refractivity contribution in [2.24, 2.45) is 5.92 Å². The summed E-state index contributed by atoms with van der Waals surface area (Å²) in [6.45, 7) is 5.14. The molecule has 11 heavy (non-hydrogen) atoms. The van der Waals surface area contributed by atoms with Gasteiger partial charge in [0, 0.05) is 19.5 Å². The van der Waals surface area contributed by atoms with Crippen molar-refractivity contribution in [1.29, 1.82) is 0 Å². The maximum atomic E-state index is 11.2. The molecule has 2 nitrogen and oxygen atoms in total. The third-order valence-electron chi connectivity index (χ3n) is 1.90. The number of likely N-dealkylation sites (tertiary alicyclic amines) is 1. The van der Waals surface area contributed by atoms with Gasteiger partial charge in [-0.05, 0) is 11.7 Å². The van der Waals surface area contributed by atoms with Gasteiger partial charge >= 0.3 is 0 Å². The van der Waals surface area contributed by atoms with Gasteiger partial charge in [0.2, 0.25) is 5.91 Å². The number of rotatable bonds is 3. The molecule has 0 radical (unpaired) electrons. The third kappa shape index (κ3) is 1.99. The van der Waals surface area contributed by atoms with E-state index in [1.54, 1.807) is 6.08 Å². The summed E-state index contributed by atoms with van der Waals surface area (Å²) < 4.78 is 0. The van der Waals surface area contributed by atoms with Crippen molar-refractivity contribution in [2.75, 3.05) is 18.8 Å². The Morgan fingerprint density at radius 1 is 1.82 bits per heavy atom. The van der Waals surface area contributed by atoms with E-state index in [-0.39, 0.29) is 5.91 Å². The summed E-state index contributed by atoms with van der Waals surface area (Å²) in [7, 11) is 0. The molecule has 0 bridgehead atoms. The Hall–Kier alpha value is -0.440. The first kappa shape index (κ1) is 8.65. The van der Waals surface area contributed by atoms with Crippen LogP contribution < -0.4 is 0 Å². The fourth-order valence-corrected chi connectivity index (χ4v) is 1.55. The van der Waals surface area contributed by atoms with Crippen LogP contribution in [0.2, 0.25) is 0 Å². The van der Waals surface area contributed by atoms with Crippen LogP contribution in [0.3, 0.4) is 0 Å². The van der Waals surface area contributed by atoms with E-state index in [0.29, 0.717) is 18.9 Å². The zero-order chi connectivity index (χ0) is 8.27. The first-order valence-corrected chi connectivity index (χ1v) is 4.40. The second-order valence-electron chi connectivity index (χ2n) is 2.84. The molecule has 0 aromatic heterocycles. The molecular formula is C8H13NOS. The van der Waals surface area contributed by atoms with E-state index in [0.717, 1.165) is 12.3 Å². The summed E-state index contributed by atoms with van der Waals surface area (Å²) in [6.07, 6.45) is 2.43. The van der Waals surface area contributed by atoms with Crippen molar-refractivity contribution >= 4 is 18.5 Å². The quantitative estimate of drug-likeness (QED) is 0.495. The molecular weight excluding hydrogens is 158 g/mol. The van der Waals surface area contributed by atoms with Crippen molar-refractivity contribution in [2.45, 2.75) is 6.42 Å². The lowest BCUT2D eigenvalue weighted by atomic mass is 10.1. The number of nitrogens with zero attached hydrogens (tertiary/aromatic N) is 1. The Kier molecular flexibility index (Phi) is 3.00. The molecule has 0 aromatic carbocycles. The summed E-state index contributed by atoms with van der Waals surface area (Å²) in [4.78, 5) is 13.0. The summed E-state index contributed by atoms with van der Waals surface area (Å²) in [6, 6.07) is 0. The van der Waals surface area contributed by atoms with E-state index >= 15 is 0 Å². The van der Waals surface area contributed by atoms with Gasteiger partial charge in [0.1, 0.15) is 0 Å². The molecule has 1 atom stereocenters. The van der Waals surface area contributed by atoms with E-state index in [2.05, 4.69) is 19.2 Å². The minimum absolute atomic E-state index is 0.240. The molecule has 0 saturated carbocycles. The first-order chi connectivity index (χ1) is 5.27. The molecule has 0 N–H and O–H groups in total. The number of carbonyl (C=O) groups is 1. The number of hydrogen-bond donors (Lipinski definition) is 1. The van der Waals surface area contributed by atoms with E-state index in [1.807, 2.05) is 4.90 Å². The smallest absolute Gasteiger partial charge is 0.223 e. The molecule has 0 aromatic rings. The molecule has 1 fully saturated rings. The van der Waals surface area contributed by atoms with Crippen LogP contribution in [0.1, 0.15) is 6.42 Å². The molecule has 0 aliphatic carbocycles. The van der Waals surface area contributed by atoms with Gasteiger partial charge < -0.3 is 4.90 Å². The second kappa shape index (κ2) is 3.81. The highest BCUT2D eigenvalue weighted by Gasteiger charge is 2.27. The maximum absolute atomic E-state index is 11.2. The molecule has 62 valence electrons. The molecule has 3 heteroatoms. The molecule has 0 spiro atoms. The topological polar surface area (TPSA) is 20.3 Å². The number of thiol groups is 1. The largest absolute Gasteiger partial charge is 0.339 e. The highest BCUT2D eigenvalue weighted by molar-refractivity contribution is 7.80. The lowest BCUT2D eigenvalue weighted by Gasteiger charge is -2.12. The molecule has 1 saturated heterocycles. The third-order valence-corrected chi connectivity index (χ3v) is 2.42. The van der Waals surface area contributed by atoms with Crippen molar-refractivity contribution in [3.8, 4) is 0 Å². The fourth-order valence-electron chi connectivity index (χ4n) is 1.31. The molecule has 1 aliphatic heterocycles. The normalized spacial score (nSPS) is 24.3. The minimum Gasteiger partial charge on any atom is -0.339 e. The predicted molar refractivity (Wildman–Crippen MR) is 48.7 cm³/mol. The fraction of sp³-hybridized carbons (Fsp3) is 0.625. The van der Waals surface area contributed by atoms with Crippen LogP contribution in [-0.2, 0) is 4.79 Å². The maximum Gasteiger partial charge on any atom is 0.223 e. The Balaban J connectivity index is 2.44. The van der Waals surface area contributed by atoms with Gasteiger partial charge in [-0.25, -0.2) is 0 Å². The zero-order valence-corrected chi connectivity index (χ0v) is 7.39.